The number of rotatable bonds is 3. The summed E-state index contributed by atoms with van der Waals surface area (Å²) >= 11 is 0. The van der Waals surface area contributed by atoms with Gasteiger partial charge in [0.25, 0.3) is 0 Å². The maximum absolute atomic E-state index is 6.46. The third kappa shape index (κ3) is 3.02. The standard InChI is InChI=1S/C33H24O/c1-3-13-25-23(4-2)31(22-14-6-5-7-15-22)26-17-8-9-18-27(26)32(25)29-20-12-19-28-24-16-10-11-21-30(24)34-33(28)29/h3-21H,1H2,2H3/b23-4+,25-13+. The Kier molecular flexibility index (Phi) is 4.89. The molecule has 0 bridgehead atoms. The lowest BCUT2D eigenvalue weighted by Crippen LogP contribution is -2.29. The van der Waals surface area contributed by atoms with Crippen LogP contribution in [0.4, 0.5) is 0 Å². The van der Waals surface area contributed by atoms with E-state index in [0.717, 1.165) is 32.7 Å². The van der Waals surface area contributed by atoms with Gasteiger partial charge < -0.3 is 4.42 Å². The highest BCUT2D eigenvalue weighted by molar-refractivity contribution is 6.14. The molecule has 0 spiro atoms. The Hall–Kier alpha value is -4.36. The summed E-state index contributed by atoms with van der Waals surface area (Å²) < 4.78 is 6.46. The minimum atomic E-state index is 0.909. The van der Waals surface area contributed by atoms with E-state index < -0.39 is 0 Å². The zero-order chi connectivity index (χ0) is 23.1. The van der Waals surface area contributed by atoms with Crippen molar-refractivity contribution >= 4 is 44.9 Å². The van der Waals surface area contributed by atoms with E-state index in [2.05, 4.69) is 111 Å². The lowest BCUT2D eigenvalue weighted by Gasteiger charge is -2.16. The number of fused-ring (bicyclic) bond motifs is 4. The third-order valence-corrected chi connectivity index (χ3v) is 6.60. The molecule has 162 valence electrons. The first-order valence-electron chi connectivity index (χ1n) is 11.6. The highest BCUT2D eigenvalue weighted by Crippen LogP contribution is 2.38. The smallest absolute Gasteiger partial charge is 0.143 e. The summed E-state index contributed by atoms with van der Waals surface area (Å²) in [5, 5.41) is 7.06. The molecule has 0 saturated carbocycles. The second kappa shape index (κ2) is 8.20. The number of para-hydroxylation sites is 2. The topological polar surface area (TPSA) is 13.1 Å². The molecule has 1 heterocycles. The lowest BCUT2D eigenvalue weighted by atomic mass is 9.87. The minimum absolute atomic E-state index is 0.909. The van der Waals surface area contributed by atoms with Crippen LogP contribution in [0.5, 0.6) is 0 Å². The van der Waals surface area contributed by atoms with Crippen molar-refractivity contribution in [3.05, 3.63) is 120 Å². The molecule has 34 heavy (non-hydrogen) atoms. The van der Waals surface area contributed by atoms with Crippen molar-refractivity contribution < 1.29 is 4.42 Å². The largest absolute Gasteiger partial charge is 0.455 e. The second-order valence-electron chi connectivity index (χ2n) is 8.46. The Morgan fingerprint density at radius 2 is 1.26 bits per heavy atom. The molecule has 0 amide bonds. The van der Waals surface area contributed by atoms with E-state index in [9.17, 15) is 0 Å². The van der Waals surface area contributed by atoms with Gasteiger partial charge in [0.2, 0.25) is 0 Å². The van der Waals surface area contributed by atoms with Gasteiger partial charge in [-0.25, -0.2) is 0 Å². The van der Waals surface area contributed by atoms with Crippen LogP contribution in [-0.2, 0) is 0 Å². The summed E-state index contributed by atoms with van der Waals surface area (Å²) in [5.41, 5.74) is 6.55. The first kappa shape index (κ1) is 20.3. The summed E-state index contributed by atoms with van der Waals surface area (Å²) in [7, 11) is 0. The van der Waals surface area contributed by atoms with Gasteiger partial charge in [0.15, 0.2) is 0 Å². The average molecular weight is 437 g/mol. The predicted molar refractivity (Wildman–Crippen MR) is 146 cm³/mol. The second-order valence-corrected chi connectivity index (χ2v) is 8.46. The molecule has 0 fully saturated rings. The molecular formula is C33H24O. The summed E-state index contributed by atoms with van der Waals surface area (Å²) in [5.74, 6) is 0. The van der Waals surface area contributed by atoms with Crippen molar-refractivity contribution in [2.45, 2.75) is 6.92 Å². The predicted octanol–water partition coefficient (Wildman–Crippen LogP) is 7.84. The number of furan rings is 1. The van der Waals surface area contributed by atoms with Crippen LogP contribution in [0.2, 0.25) is 0 Å². The van der Waals surface area contributed by atoms with Crippen LogP contribution in [0, 0.1) is 0 Å². The van der Waals surface area contributed by atoms with Gasteiger partial charge in [0.05, 0.1) is 0 Å². The fourth-order valence-corrected chi connectivity index (χ4v) is 5.22. The average Bonchev–Trinajstić information content (AvgIpc) is 3.28. The lowest BCUT2D eigenvalue weighted by molar-refractivity contribution is 0.670. The Morgan fingerprint density at radius 1 is 0.618 bits per heavy atom. The molecular weight excluding hydrogens is 412 g/mol. The molecule has 0 N–H and O–H groups in total. The van der Waals surface area contributed by atoms with Crippen LogP contribution >= 0.6 is 0 Å². The maximum atomic E-state index is 6.46. The third-order valence-electron chi connectivity index (χ3n) is 6.60. The van der Waals surface area contributed by atoms with Crippen molar-refractivity contribution in [1.82, 2.24) is 0 Å². The summed E-state index contributed by atoms with van der Waals surface area (Å²) in [6, 6.07) is 34.0. The molecule has 5 aromatic carbocycles. The van der Waals surface area contributed by atoms with Crippen molar-refractivity contribution in [3.8, 4) is 22.3 Å². The molecule has 1 heteroatoms. The fourth-order valence-electron chi connectivity index (χ4n) is 5.22. The van der Waals surface area contributed by atoms with Gasteiger partial charge in [-0.05, 0) is 45.3 Å². The zero-order valence-electron chi connectivity index (χ0n) is 19.1. The molecule has 0 aliphatic rings. The van der Waals surface area contributed by atoms with Gasteiger partial charge in [-0.15, -0.1) is 0 Å². The molecule has 1 aromatic heterocycles. The van der Waals surface area contributed by atoms with E-state index >= 15 is 0 Å². The van der Waals surface area contributed by atoms with Crippen LogP contribution in [0.15, 0.2) is 114 Å². The molecule has 6 rings (SSSR count). The van der Waals surface area contributed by atoms with Crippen molar-refractivity contribution in [1.29, 1.82) is 0 Å². The van der Waals surface area contributed by atoms with E-state index in [1.807, 2.05) is 18.2 Å². The SMILES string of the molecule is C=C/C=c1/c(-c2cccc3c2oc2ccccc23)c2ccccc2c(-c2ccccc2)/c1=C/C. The highest BCUT2D eigenvalue weighted by Gasteiger charge is 2.18. The summed E-state index contributed by atoms with van der Waals surface area (Å²) in [6.07, 6.45) is 6.23. The molecule has 6 aromatic rings. The Balaban J connectivity index is 1.86. The normalized spacial score (nSPS) is 12.7. The summed E-state index contributed by atoms with van der Waals surface area (Å²) in [4.78, 5) is 0. The van der Waals surface area contributed by atoms with E-state index in [-0.39, 0.29) is 0 Å². The number of allylic oxidation sites excluding steroid dienone is 1. The van der Waals surface area contributed by atoms with Crippen LogP contribution in [0.1, 0.15) is 6.92 Å². The zero-order valence-corrected chi connectivity index (χ0v) is 19.1. The maximum Gasteiger partial charge on any atom is 0.143 e. The van der Waals surface area contributed by atoms with Crippen molar-refractivity contribution in [2.75, 3.05) is 0 Å². The minimum Gasteiger partial charge on any atom is -0.455 e. The van der Waals surface area contributed by atoms with Crippen LogP contribution in [-0.4, -0.2) is 0 Å². The first-order valence-corrected chi connectivity index (χ1v) is 11.6. The molecule has 0 atom stereocenters. The van der Waals surface area contributed by atoms with Crippen LogP contribution in [0.25, 0.3) is 67.1 Å². The van der Waals surface area contributed by atoms with E-state index in [4.69, 9.17) is 4.42 Å². The molecule has 1 nitrogen and oxygen atoms in total. The van der Waals surface area contributed by atoms with Gasteiger partial charge >= 0.3 is 0 Å². The van der Waals surface area contributed by atoms with Crippen molar-refractivity contribution in [2.24, 2.45) is 0 Å². The van der Waals surface area contributed by atoms with Crippen LogP contribution in [0.3, 0.4) is 0 Å². The number of benzene rings is 5. The van der Waals surface area contributed by atoms with Gasteiger partial charge in [0, 0.05) is 21.9 Å². The fraction of sp³-hybridized carbons (Fsp3) is 0.0303. The van der Waals surface area contributed by atoms with E-state index in [1.165, 1.54) is 32.7 Å². The molecule has 0 radical (unpaired) electrons. The Bertz CT molecular complexity index is 1820. The van der Waals surface area contributed by atoms with Gasteiger partial charge in [-0.3, -0.25) is 0 Å². The molecule has 0 aliphatic carbocycles. The van der Waals surface area contributed by atoms with Gasteiger partial charge in [-0.2, -0.15) is 0 Å². The molecule has 0 aliphatic heterocycles. The Labute approximate surface area is 198 Å². The van der Waals surface area contributed by atoms with Gasteiger partial charge in [-0.1, -0.05) is 116 Å². The molecule has 0 unspecified atom stereocenters. The Morgan fingerprint density at radius 3 is 2.00 bits per heavy atom. The van der Waals surface area contributed by atoms with E-state index in [1.54, 1.807) is 0 Å². The molecule has 0 saturated heterocycles. The summed E-state index contributed by atoms with van der Waals surface area (Å²) in [6.45, 7) is 6.17. The highest BCUT2D eigenvalue weighted by atomic mass is 16.3. The quantitative estimate of drug-likeness (QED) is 0.275. The number of hydrogen-bond donors (Lipinski definition) is 0. The number of hydrogen-bond acceptors (Lipinski definition) is 1. The van der Waals surface area contributed by atoms with Crippen molar-refractivity contribution in [3.63, 3.8) is 0 Å². The van der Waals surface area contributed by atoms with Crippen LogP contribution < -0.4 is 10.4 Å². The van der Waals surface area contributed by atoms with E-state index in [0.29, 0.717) is 0 Å². The van der Waals surface area contributed by atoms with Gasteiger partial charge in [0.1, 0.15) is 11.2 Å². The first-order chi connectivity index (χ1) is 16.8. The monoisotopic (exact) mass is 436 g/mol.